The molecule has 3 nitrogen and oxygen atoms in total. The van der Waals surface area contributed by atoms with Gasteiger partial charge in [0.15, 0.2) is 11.6 Å². The molecule has 106 valence electrons. The first-order valence-corrected chi connectivity index (χ1v) is 6.34. The predicted molar refractivity (Wildman–Crippen MR) is 72.7 cm³/mol. The van der Waals surface area contributed by atoms with Gasteiger partial charge < -0.3 is 9.88 Å². The molecule has 0 spiro atoms. The van der Waals surface area contributed by atoms with E-state index in [1.807, 2.05) is 0 Å². The number of benzene rings is 1. The molecule has 1 atom stereocenters. The van der Waals surface area contributed by atoms with Crippen LogP contribution in [0.1, 0.15) is 29.0 Å². The fourth-order valence-corrected chi connectivity index (χ4v) is 2.02. The van der Waals surface area contributed by atoms with Crippen LogP contribution >= 0.6 is 11.6 Å². The molecule has 0 bridgehead atoms. The van der Waals surface area contributed by atoms with Crippen LogP contribution in [0, 0.1) is 11.6 Å². The maximum Gasteiger partial charge on any atom is 0.270 e. The molecule has 0 saturated carbocycles. The van der Waals surface area contributed by atoms with Gasteiger partial charge in [0.2, 0.25) is 0 Å². The van der Waals surface area contributed by atoms with E-state index >= 15 is 0 Å². The van der Waals surface area contributed by atoms with Crippen LogP contribution < -0.4 is 0 Å². The van der Waals surface area contributed by atoms with E-state index in [1.54, 1.807) is 14.0 Å². The highest BCUT2D eigenvalue weighted by molar-refractivity contribution is 6.30. The molecule has 2 rings (SSSR count). The first kappa shape index (κ1) is 14.5. The molecule has 1 amide bonds. The van der Waals surface area contributed by atoms with E-state index in [0.717, 1.165) is 12.1 Å². The molecule has 0 aliphatic heterocycles. The molecule has 1 aromatic heterocycles. The molecule has 1 aromatic carbocycles. The molecule has 1 N–H and O–H groups in total. The molecule has 1 heterocycles. The van der Waals surface area contributed by atoms with Gasteiger partial charge in [-0.1, -0.05) is 17.7 Å². The van der Waals surface area contributed by atoms with Crippen molar-refractivity contribution in [2.45, 2.75) is 13.0 Å². The Morgan fingerprint density at radius 1 is 1.30 bits per heavy atom. The van der Waals surface area contributed by atoms with Crippen molar-refractivity contribution in [3.63, 3.8) is 0 Å². The monoisotopic (exact) mass is 298 g/mol. The van der Waals surface area contributed by atoms with Gasteiger partial charge in [0.25, 0.3) is 5.91 Å². The fraction of sp³-hybridized carbons (Fsp3) is 0.214. The minimum atomic E-state index is -0.932. The normalized spacial score (nSPS) is 12.2. The summed E-state index contributed by atoms with van der Waals surface area (Å²) >= 11 is 5.75. The lowest BCUT2D eigenvalue weighted by atomic mass is 10.1. The zero-order valence-corrected chi connectivity index (χ0v) is 11.7. The second kappa shape index (κ2) is 5.63. The van der Waals surface area contributed by atoms with Gasteiger partial charge in [-0.2, -0.15) is 0 Å². The summed E-state index contributed by atoms with van der Waals surface area (Å²) in [5, 5.41) is 0.433. The van der Waals surface area contributed by atoms with Gasteiger partial charge in [-0.05, 0) is 30.7 Å². The SMILES string of the molecule is C[C@@H](c1ccc(F)c(F)c1)N(C)C(=O)c1cc(Cl)c[nH]1. The van der Waals surface area contributed by atoms with Crippen LogP contribution in [0.2, 0.25) is 5.02 Å². The standard InChI is InChI=1S/C14H13ClF2N2O/c1-8(9-3-4-11(16)12(17)5-9)19(2)14(20)13-6-10(15)7-18-13/h3-8,18H,1-2H3/t8-/m0/s1. The number of hydrogen-bond donors (Lipinski definition) is 1. The van der Waals surface area contributed by atoms with Gasteiger partial charge in [0, 0.05) is 13.2 Å². The second-order valence-electron chi connectivity index (χ2n) is 4.50. The molecular weight excluding hydrogens is 286 g/mol. The van der Waals surface area contributed by atoms with Crippen LogP contribution in [-0.2, 0) is 0 Å². The van der Waals surface area contributed by atoms with Gasteiger partial charge in [-0.15, -0.1) is 0 Å². The lowest BCUT2D eigenvalue weighted by molar-refractivity contribution is 0.0737. The van der Waals surface area contributed by atoms with Gasteiger partial charge in [-0.25, -0.2) is 8.78 Å². The minimum Gasteiger partial charge on any atom is -0.356 e. The Balaban J connectivity index is 2.21. The van der Waals surface area contributed by atoms with Crippen molar-refractivity contribution in [3.8, 4) is 0 Å². The van der Waals surface area contributed by atoms with Crippen LogP contribution in [0.4, 0.5) is 8.78 Å². The van der Waals surface area contributed by atoms with E-state index in [4.69, 9.17) is 11.6 Å². The van der Waals surface area contributed by atoms with Crippen LogP contribution in [0.25, 0.3) is 0 Å². The number of aromatic amines is 1. The maximum absolute atomic E-state index is 13.2. The number of H-pyrrole nitrogens is 1. The number of amides is 1. The van der Waals surface area contributed by atoms with Crippen LogP contribution in [-0.4, -0.2) is 22.8 Å². The molecule has 0 saturated heterocycles. The highest BCUT2D eigenvalue weighted by atomic mass is 35.5. The van der Waals surface area contributed by atoms with E-state index in [9.17, 15) is 13.6 Å². The first-order chi connectivity index (χ1) is 9.40. The fourth-order valence-electron chi connectivity index (χ4n) is 1.85. The van der Waals surface area contributed by atoms with Crippen molar-refractivity contribution in [1.29, 1.82) is 0 Å². The van der Waals surface area contributed by atoms with E-state index in [-0.39, 0.29) is 5.91 Å². The number of aromatic nitrogens is 1. The third kappa shape index (κ3) is 2.82. The Morgan fingerprint density at radius 3 is 2.55 bits per heavy atom. The summed E-state index contributed by atoms with van der Waals surface area (Å²) in [5.74, 6) is -2.13. The number of nitrogens with zero attached hydrogens (tertiary/aromatic N) is 1. The number of nitrogens with one attached hydrogen (secondary N) is 1. The summed E-state index contributed by atoms with van der Waals surface area (Å²) in [6.45, 7) is 1.73. The van der Waals surface area contributed by atoms with E-state index in [0.29, 0.717) is 16.3 Å². The van der Waals surface area contributed by atoms with Gasteiger partial charge in [0.1, 0.15) is 5.69 Å². The lowest BCUT2D eigenvalue weighted by Gasteiger charge is -2.25. The van der Waals surface area contributed by atoms with Crippen LogP contribution in [0.5, 0.6) is 0 Å². The Labute approximate surface area is 120 Å². The highest BCUT2D eigenvalue weighted by Crippen LogP contribution is 2.23. The number of carbonyl (C=O) groups is 1. The second-order valence-corrected chi connectivity index (χ2v) is 4.93. The number of halogens is 3. The van der Waals surface area contributed by atoms with E-state index < -0.39 is 17.7 Å². The Bertz CT molecular complexity index is 642. The smallest absolute Gasteiger partial charge is 0.270 e. The van der Waals surface area contributed by atoms with Gasteiger partial charge in [-0.3, -0.25) is 4.79 Å². The summed E-state index contributed by atoms with van der Waals surface area (Å²) < 4.78 is 26.1. The van der Waals surface area contributed by atoms with Crippen molar-refractivity contribution in [2.24, 2.45) is 0 Å². The predicted octanol–water partition coefficient (Wildman–Crippen LogP) is 3.78. The average molecular weight is 299 g/mol. The molecule has 0 radical (unpaired) electrons. The molecular formula is C14H13ClF2N2O. The molecule has 20 heavy (non-hydrogen) atoms. The van der Waals surface area contributed by atoms with E-state index in [1.165, 1.54) is 23.2 Å². The summed E-state index contributed by atoms with van der Waals surface area (Å²) in [5.41, 5.74) is 0.851. The largest absolute Gasteiger partial charge is 0.356 e. The first-order valence-electron chi connectivity index (χ1n) is 5.96. The van der Waals surface area contributed by atoms with Crippen molar-refractivity contribution in [3.05, 3.63) is 58.4 Å². The molecule has 0 aliphatic carbocycles. The van der Waals surface area contributed by atoms with E-state index in [2.05, 4.69) is 4.98 Å². The summed E-state index contributed by atoms with van der Waals surface area (Å²) in [6.07, 6.45) is 1.50. The Hall–Kier alpha value is -1.88. The summed E-state index contributed by atoms with van der Waals surface area (Å²) in [4.78, 5) is 16.4. The maximum atomic E-state index is 13.2. The third-order valence-corrected chi connectivity index (χ3v) is 3.42. The Morgan fingerprint density at radius 2 is 2.00 bits per heavy atom. The average Bonchev–Trinajstić information content (AvgIpc) is 2.86. The molecule has 2 aromatic rings. The zero-order valence-electron chi connectivity index (χ0n) is 11.0. The highest BCUT2D eigenvalue weighted by Gasteiger charge is 2.21. The Kier molecular flexibility index (Phi) is 4.09. The number of hydrogen-bond acceptors (Lipinski definition) is 1. The van der Waals surface area contributed by atoms with Crippen molar-refractivity contribution >= 4 is 17.5 Å². The van der Waals surface area contributed by atoms with Crippen molar-refractivity contribution in [2.75, 3.05) is 7.05 Å². The molecule has 0 aliphatic rings. The zero-order chi connectivity index (χ0) is 14.9. The van der Waals surface area contributed by atoms with Gasteiger partial charge in [0.05, 0.1) is 11.1 Å². The summed E-state index contributed by atoms with van der Waals surface area (Å²) in [6, 6.07) is 4.70. The van der Waals surface area contributed by atoms with Crippen LogP contribution in [0.15, 0.2) is 30.5 Å². The van der Waals surface area contributed by atoms with Crippen LogP contribution in [0.3, 0.4) is 0 Å². The quantitative estimate of drug-likeness (QED) is 0.920. The topological polar surface area (TPSA) is 36.1 Å². The lowest BCUT2D eigenvalue weighted by Crippen LogP contribution is -2.30. The number of carbonyl (C=O) groups excluding carboxylic acids is 1. The molecule has 0 fully saturated rings. The number of rotatable bonds is 3. The summed E-state index contributed by atoms with van der Waals surface area (Å²) in [7, 11) is 1.59. The molecule has 6 heteroatoms. The third-order valence-electron chi connectivity index (χ3n) is 3.21. The van der Waals surface area contributed by atoms with Gasteiger partial charge >= 0.3 is 0 Å². The minimum absolute atomic E-state index is 0.283. The molecule has 0 unspecified atom stereocenters. The van der Waals surface area contributed by atoms with Crippen molar-refractivity contribution in [1.82, 2.24) is 9.88 Å². The van der Waals surface area contributed by atoms with Crippen molar-refractivity contribution < 1.29 is 13.6 Å².